The van der Waals surface area contributed by atoms with Crippen LogP contribution in [0.15, 0.2) is 36.4 Å². The molecule has 0 spiro atoms. The Bertz CT molecular complexity index is 1060. The molecule has 4 aliphatic rings. The first kappa shape index (κ1) is 20.2. The molecule has 0 aromatic heterocycles. The molecule has 1 N–H and O–H groups in total. The molecule has 7 heteroatoms. The molecule has 4 aliphatic carbocycles. The van der Waals surface area contributed by atoms with Crippen LogP contribution in [-0.2, 0) is 14.3 Å². The maximum absolute atomic E-state index is 13.5. The average Bonchev–Trinajstić information content (AvgIpc) is 2.66. The Kier molecular flexibility index (Phi) is 4.33. The van der Waals surface area contributed by atoms with Crippen LogP contribution in [0, 0.1) is 17.3 Å². The van der Waals surface area contributed by atoms with Crippen LogP contribution in [0.2, 0.25) is 0 Å². The molecule has 31 heavy (non-hydrogen) atoms. The number of carbonyl (C=O) groups excluding carboxylic acids is 2. The summed E-state index contributed by atoms with van der Waals surface area (Å²) in [5.74, 6) is -4.78. The fourth-order valence-corrected chi connectivity index (χ4v) is 6.38. The van der Waals surface area contributed by atoms with E-state index in [-0.39, 0.29) is 24.0 Å². The van der Waals surface area contributed by atoms with Crippen LogP contribution in [0.25, 0.3) is 10.8 Å². The van der Waals surface area contributed by atoms with Gasteiger partial charge in [0.2, 0.25) is 0 Å². The van der Waals surface area contributed by atoms with E-state index in [1.807, 2.05) is 0 Å². The molecule has 4 bridgehead atoms. The molecule has 6 rings (SSSR count). The monoisotopic (exact) mass is 430 g/mol. The summed E-state index contributed by atoms with van der Waals surface area (Å²) in [5.41, 5.74) is -1.89. The predicted molar refractivity (Wildman–Crippen MR) is 108 cm³/mol. The average molecular weight is 430 g/mol. The van der Waals surface area contributed by atoms with Crippen LogP contribution in [0.3, 0.4) is 0 Å². The van der Waals surface area contributed by atoms with E-state index in [0.29, 0.717) is 49.1 Å². The minimum absolute atomic E-state index is 0.0940. The minimum Gasteiger partial charge on any atom is -0.507 e. The third-order valence-electron chi connectivity index (χ3n) is 7.17. The second-order valence-electron chi connectivity index (χ2n) is 9.72. The molecule has 2 atom stereocenters. The first-order valence-electron chi connectivity index (χ1n) is 10.6. The van der Waals surface area contributed by atoms with Crippen molar-refractivity contribution < 1.29 is 33.0 Å². The van der Waals surface area contributed by atoms with E-state index in [1.165, 1.54) is 0 Å². The van der Waals surface area contributed by atoms with Gasteiger partial charge in [-0.05, 0) is 56.1 Å². The third kappa shape index (κ3) is 3.34. The van der Waals surface area contributed by atoms with Gasteiger partial charge in [-0.15, -0.1) is 0 Å². The van der Waals surface area contributed by atoms with Crippen LogP contribution in [0.4, 0.5) is 8.78 Å². The van der Waals surface area contributed by atoms with E-state index in [1.54, 1.807) is 36.4 Å². The fraction of sp³-hybridized carbons (Fsp3) is 0.500. The van der Waals surface area contributed by atoms with Gasteiger partial charge in [-0.1, -0.05) is 24.3 Å². The normalized spacial score (nSPS) is 31.6. The molecule has 0 aliphatic heterocycles. The predicted octanol–water partition coefficient (Wildman–Crippen LogP) is 4.99. The molecule has 164 valence electrons. The molecule has 2 aromatic carbocycles. The Morgan fingerprint density at radius 2 is 1.68 bits per heavy atom. The Morgan fingerprint density at radius 3 is 2.35 bits per heavy atom. The maximum atomic E-state index is 13.5. The van der Waals surface area contributed by atoms with Gasteiger partial charge in [-0.25, -0.2) is 4.79 Å². The fourth-order valence-electron chi connectivity index (χ4n) is 6.38. The van der Waals surface area contributed by atoms with E-state index in [2.05, 4.69) is 0 Å². The Hall–Kier alpha value is -2.70. The van der Waals surface area contributed by atoms with Crippen molar-refractivity contribution in [2.75, 3.05) is 0 Å². The number of hydrogen-bond acceptors (Lipinski definition) is 5. The summed E-state index contributed by atoms with van der Waals surface area (Å²) in [6.07, 6.45) is 3.38. The number of benzene rings is 2. The molecule has 4 fully saturated rings. The summed E-state index contributed by atoms with van der Waals surface area (Å²) in [7, 11) is 0. The van der Waals surface area contributed by atoms with Crippen LogP contribution >= 0.6 is 0 Å². The number of hydrogen-bond donors (Lipinski definition) is 1. The first-order chi connectivity index (χ1) is 14.6. The molecule has 0 amide bonds. The molecule has 5 nitrogen and oxygen atoms in total. The topological polar surface area (TPSA) is 72.8 Å². The number of phenolic OH excluding ortho intramolecular Hbond substituents is 1. The maximum Gasteiger partial charge on any atom is 0.377 e. The summed E-state index contributed by atoms with van der Waals surface area (Å²) in [6, 6.07) is 10.1. The standard InChI is InChI=1S/C24H24F2O5/c1-22(25,26)20(28)31-24-11-14-8-15(12-24)10-23(9-14,13-24)21(29)30-19-7-3-4-16-17(19)5-2-6-18(16)27/h2-7,14-15,27H,8-13H2,1H3. The number of alkyl halides is 2. The lowest BCUT2D eigenvalue weighted by Gasteiger charge is -2.59. The van der Waals surface area contributed by atoms with Crippen molar-refractivity contribution in [3.8, 4) is 11.5 Å². The molecule has 0 saturated heterocycles. The van der Waals surface area contributed by atoms with Crippen LogP contribution in [0.1, 0.15) is 45.4 Å². The van der Waals surface area contributed by atoms with Crippen molar-refractivity contribution in [1.29, 1.82) is 0 Å². The summed E-state index contributed by atoms with van der Waals surface area (Å²) in [4.78, 5) is 25.4. The van der Waals surface area contributed by atoms with Gasteiger partial charge in [0.1, 0.15) is 17.1 Å². The number of carbonyl (C=O) groups is 2. The molecular weight excluding hydrogens is 406 g/mol. The van der Waals surface area contributed by atoms with Crippen LogP contribution in [0.5, 0.6) is 11.5 Å². The number of rotatable bonds is 4. The van der Waals surface area contributed by atoms with Gasteiger partial charge in [-0.3, -0.25) is 4.79 Å². The van der Waals surface area contributed by atoms with Crippen LogP contribution in [-0.4, -0.2) is 28.6 Å². The van der Waals surface area contributed by atoms with E-state index >= 15 is 0 Å². The van der Waals surface area contributed by atoms with Crippen molar-refractivity contribution in [2.24, 2.45) is 17.3 Å². The lowest BCUT2D eigenvalue weighted by molar-refractivity contribution is -0.222. The number of aromatic hydroxyl groups is 1. The number of fused-ring (bicyclic) bond motifs is 1. The second kappa shape index (κ2) is 6.65. The van der Waals surface area contributed by atoms with Gasteiger partial charge in [0.15, 0.2) is 0 Å². The van der Waals surface area contributed by atoms with Crippen molar-refractivity contribution in [3.63, 3.8) is 0 Å². The van der Waals surface area contributed by atoms with Gasteiger partial charge in [-0.2, -0.15) is 8.78 Å². The largest absolute Gasteiger partial charge is 0.507 e. The lowest BCUT2D eigenvalue weighted by atomic mass is 9.48. The van der Waals surface area contributed by atoms with E-state index in [4.69, 9.17) is 9.47 Å². The Morgan fingerprint density at radius 1 is 1.03 bits per heavy atom. The van der Waals surface area contributed by atoms with Crippen molar-refractivity contribution in [3.05, 3.63) is 36.4 Å². The highest BCUT2D eigenvalue weighted by molar-refractivity contribution is 5.95. The summed E-state index contributed by atoms with van der Waals surface area (Å²) in [6.45, 7) is 0.538. The lowest BCUT2D eigenvalue weighted by Crippen LogP contribution is -2.61. The second-order valence-corrected chi connectivity index (χ2v) is 9.72. The zero-order valence-electron chi connectivity index (χ0n) is 17.2. The molecule has 0 radical (unpaired) electrons. The third-order valence-corrected chi connectivity index (χ3v) is 7.17. The van der Waals surface area contributed by atoms with Gasteiger partial charge < -0.3 is 14.6 Å². The quantitative estimate of drug-likeness (QED) is 0.547. The molecule has 2 unspecified atom stereocenters. The smallest absolute Gasteiger partial charge is 0.377 e. The zero-order chi connectivity index (χ0) is 22.0. The zero-order valence-corrected chi connectivity index (χ0v) is 17.2. The van der Waals surface area contributed by atoms with Gasteiger partial charge in [0, 0.05) is 24.1 Å². The van der Waals surface area contributed by atoms with Crippen molar-refractivity contribution >= 4 is 22.7 Å². The molecule has 4 saturated carbocycles. The first-order valence-corrected chi connectivity index (χ1v) is 10.6. The summed E-state index contributed by atoms with van der Waals surface area (Å²) < 4.78 is 38.3. The number of halogens is 2. The van der Waals surface area contributed by atoms with Crippen molar-refractivity contribution in [2.45, 2.75) is 57.0 Å². The number of phenols is 1. The van der Waals surface area contributed by atoms with Gasteiger partial charge in [0.05, 0.1) is 5.41 Å². The highest BCUT2D eigenvalue weighted by atomic mass is 19.3. The van der Waals surface area contributed by atoms with Gasteiger partial charge in [0.25, 0.3) is 0 Å². The minimum atomic E-state index is -3.57. The highest BCUT2D eigenvalue weighted by Crippen LogP contribution is 2.63. The number of esters is 2. The summed E-state index contributed by atoms with van der Waals surface area (Å²) >= 11 is 0. The molecule has 0 heterocycles. The van der Waals surface area contributed by atoms with E-state index in [0.717, 1.165) is 6.42 Å². The van der Waals surface area contributed by atoms with E-state index < -0.39 is 28.9 Å². The van der Waals surface area contributed by atoms with E-state index in [9.17, 15) is 23.5 Å². The summed E-state index contributed by atoms with van der Waals surface area (Å²) in [5, 5.41) is 11.3. The Labute approximate surface area is 178 Å². The number of ether oxygens (including phenoxy) is 2. The Balaban J connectivity index is 1.45. The van der Waals surface area contributed by atoms with Gasteiger partial charge >= 0.3 is 17.9 Å². The van der Waals surface area contributed by atoms with Crippen molar-refractivity contribution in [1.82, 2.24) is 0 Å². The van der Waals surface area contributed by atoms with Crippen LogP contribution < -0.4 is 4.74 Å². The molecule has 2 aromatic rings. The SMILES string of the molecule is CC(F)(F)C(=O)OC12CC3CC(C1)CC(C(=O)Oc1cccc4c(O)cccc14)(C3)C2. The molecular formula is C24H24F2O5. The highest BCUT2D eigenvalue weighted by Gasteiger charge is 2.63.